The van der Waals surface area contributed by atoms with Crippen molar-refractivity contribution in [3.05, 3.63) is 11.8 Å². The van der Waals surface area contributed by atoms with Gasteiger partial charge in [0.2, 0.25) is 0 Å². The lowest BCUT2D eigenvalue weighted by atomic mass is 10.1. The molecule has 0 atom stereocenters. The van der Waals surface area contributed by atoms with Crippen LogP contribution in [0.1, 0.15) is 13.8 Å². The van der Waals surface area contributed by atoms with Crippen molar-refractivity contribution in [2.24, 2.45) is 0 Å². The maximum Gasteiger partial charge on any atom is 0.354 e. The molecule has 1 aliphatic rings. The van der Waals surface area contributed by atoms with Crippen molar-refractivity contribution in [2.45, 2.75) is 19.4 Å². The smallest absolute Gasteiger partial charge is 0.354 e. The van der Waals surface area contributed by atoms with E-state index in [2.05, 4.69) is 10.1 Å². The minimum Gasteiger partial charge on any atom is -0.466 e. The Hall–Kier alpha value is -1.52. The van der Waals surface area contributed by atoms with E-state index >= 15 is 0 Å². The average molecular weight is 199 g/mol. The number of hydrogen-bond donors (Lipinski definition) is 1. The second kappa shape index (κ2) is 3.69. The molecule has 5 nitrogen and oxygen atoms in total. The highest BCUT2D eigenvalue weighted by Crippen LogP contribution is 2.13. The summed E-state index contributed by atoms with van der Waals surface area (Å²) >= 11 is 0. The third kappa shape index (κ3) is 2.48. The van der Waals surface area contributed by atoms with Crippen LogP contribution in [0.15, 0.2) is 11.8 Å². The molecule has 78 valence electrons. The average Bonchev–Trinajstić information content (AvgIpc) is 2.11. The molecular formula is C9H13NO4. The van der Waals surface area contributed by atoms with Crippen molar-refractivity contribution < 1.29 is 19.1 Å². The number of nitrogens with one attached hydrogen (secondary N) is 1. The summed E-state index contributed by atoms with van der Waals surface area (Å²) in [7, 11) is 1.25. The van der Waals surface area contributed by atoms with Gasteiger partial charge < -0.3 is 14.8 Å². The number of rotatable bonds is 1. The lowest BCUT2D eigenvalue weighted by molar-refractivity contribution is -0.146. The first-order valence-corrected chi connectivity index (χ1v) is 4.19. The van der Waals surface area contributed by atoms with Crippen molar-refractivity contribution >= 4 is 11.9 Å². The number of esters is 2. The first kappa shape index (κ1) is 10.6. The van der Waals surface area contributed by atoms with Gasteiger partial charge in [-0.1, -0.05) is 0 Å². The van der Waals surface area contributed by atoms with Crippen LogP contribution >= 0.6 is 0 Å². The Bertz CT molecular complexity index is 293. The molecule has 1 aliphatic heterocycles. The molecule has 1 fully saturated rings. The van der Waals surface area contributed by atoms with E-state index in [1.54, 1.807) is 0 Å². The fourth-order valence-electron chi connectivity index (χ4n) is 1.05. The van der Waals surface area contributed by atoms with E-state index in [0.29, 0.717) is 0 Å². The Morgan fingerprint density at radius 3 is 2.86 bits per heavy atom. The number of carbonyl (C=O) groups excluding carboxylic acids is 2. The zero-order valence-corrected chi connectivity index (χ0v) is 8.42. The Labute approximate surface area is 82.1 Å². The molecule has 1 rings (SSSR count). The summed E-state index contributed by atoms with van der Waals surface area (Å²) in [5, 5.41) is 2.89. The van der Waals surface area contributed by atoms with Crippen LogP contribution in [0.25, 0.3) is 0 Å². The monoisotopic (exact) mass is 199 g/mol. The molecule has 0 bridgehead atoms. The van der Waals surface area contributed by atoms with E-state index in [-0.39, 0.29) is 17.8 Å². The lowest BCUT2D eigenvalue weighted by Crippen LogP contribution is -2.50. The van der Waals surface area contributed by atoms with Gasteiger partial charge in [-0.05, 0) is 13.8 Å². The molecule has 0 amide bonds. The normalized spacial score (nSPS) is 22.5. The van der Waals surface area contributed by atoms with Crippen LogP contribution < -0.4 is 5.32 Å². The number of morpholine rings is 1. The number of ether oxygens (including phenoxy) is 2. The van der Waals surface area contributed by atoms with Crippen LogP contribution in [0.4, 0.5) is 0 Å². The highest BCUT2D eigenvalue weighted by Gasteiger charge is 2.30. The second-order valence-electron chi connectivity index (χ2n) is 3.67. The summed E-state index contributed by atoms with van der Waals surface area (Å²) < 4.78 is 9.28. The zero-order valence-electron chi connectivity index (χ0n) is 8.42. The summed E-state index contributed by atoms with van der Waals surface area (Å²) in [4.78, 5) is 22.1. The predicted molar refractivity (Wildman–Crippen MR) is 48.3 cm³/mol. The third-order valence-corrected chi connectivity index (χ3v) is 1.72. The van der Waals surface area contributed by atoms with Gasteiger partial charge in [0.05, 0.1) is 18.7 Å². The quantitative estimate of drug-likeness (QED) is 0.474. The van der Waals surface area contributed by atoms with E-state index in [0.717, 1.165) is 6.08 Å². The molecule has 1 N–H and O–H groups in total. The molecule has 0 saturated carbocycles. The topological polar surface area (TPSA) is 64.6 Å². The highest BCUT2D eigenvalue weighted by atomic mass is 16.5. The van der Waals surface area contributed by atoms with Crippen LogP contribution in [0.2, 0.25) is 0 Å². The first-order valence-electron chi connectivity index (χ1n) is 4.19. The Morgan fingerprint density at radius 1 is 1.64 bits per heavy atom. The van der Waals surface area contributed by atoms with Crippen molar-refractivity contribution in [1.29, 1.82) is 0 Å². The van der Waals surface area contributed by atoms with E-state index in [4.69, 9.17) is 4.74 Å². The maximum absolute atomic E-state index is 11.2. The van der Waals surface area contributed by atoms with Gasteiger partial charge in [0.25, 0.3) is 0 Å². The molecule has 0 aliphatic carbocycles. The van der Waals surface area contributed by atoms with Gasteiger partial charge in [0, 0.05) is 0 Å². The van der Waals surface area contributed by atoms with E-state index in [1.807, 2.05) is 13.8 Å². The van der Waals surface area contributed by atoms with Crippen LogP contribution in [0.5, 0.6) is 0 Å². The Kier molecular flexibility index (Phi) is 2.78. The predicted octanol–water partition coefficient (Wildman–Crippen LogP) is -0.0317. The van der Waals surface area contributed by atoms with Crippen molar-refractivity contribution in [3.63, 3.8) is 0 Å². The van der Waals surface area contributed by atoms with Gasteiger partial charge in [0.1, 0.15) is 12.3 Å². The number of carbonyl (C=O) groups is 2. The fourth-order valence-corrected chi connectivity index (χ4v) is 1.05. The molecule has 0 aromatic heterocycles. The van der Waals surface area contributed by atoms with Gasteiger partial charge >= 0.3 is 11.9 Å². The van der Waals surface area contributed by atoms with Crippen molar-refractivity contribution in [2.75, 3.05) is 13.7 Å². The number of hydrogen-bond acceptors (Lipinski definition) is 5. The Morgan fingerprint density at radius 2 is 2.29 bits per heavy atom. The molecule has 0 unspecified atom stereocenters. The number of methoxy groups -OCH3 is 1. The summed E-state index contributed by atoms with van der Waals surface area (Å²) in [6.07, 6.45) is 1.09. The van der Waals surface area contributed by atoms with Gasteiger partial charge in [-0.2, -0.15) is 0 Å². The minimum atomic E-state index is -0.581. The van der Waals surface area contributed by atoms with Crippen LogP contribution in [-0.4, -0.2) is 31.2 Å². The van der Waals surface area contributed by atoms with Gasteiger partial charge in [-0.15, -0.1) is 0 Å². The summed E-state index contributed by atoms with van der Waals surface area (Å²) in [5.41, 5.74) is -0.221. The SMILES string of the molecule is COC(=O)/C=C1/NC(C)(C)COC1=O. The van der Waals surface area contributed by atoms with Gasteiger partial charge in [0.15, 0.2) is 0 Å². The minimum absolute atomic E-state index is 0.133. The number of cyclic esters (lactones) is 1. The van der Waals surface area contributed by atoms with E-state index < -0.39 is 11.9 Å². The van der Waals surface area contributed by atoms with Crippen molar-refractivity contribution in [3.8, 4) is 0 Å². The first-order chi connectivity index (χ1) is 6.44. The molecule has 0 aromatic carbocycles. The van der Waals surface area contributed by atoms with E-state index in [9.17, 15) is 9.59 Å². The second-order valence-corrected chi connectivity index (χ2v) is 3.67. The molecule has 1 heterocycles. The van der Waals surface area contributed by atoms with Crippen molar-refractivity contribution in [1.82, 2.24) is 5.32 Å². The van der Waals surface area contributed by atoms with Gasteiger partial charge in [-0.3, -0.25) is 0 Å². The third-order valence-electron chi connectivity index (χ3n) is 1.72. The molecule has 0 aromatic rings. The molecular weight excluding hydrogens is 186 g/mol. The molecule has 14 heavy (non-hydrogen) atoms. The van der Waals surface area contributed by atoms with Gasteiger partial charge in [-0.25, -0.2) is 9.59 Å². The molecule has 1 saturated heterocycles. The van der Waals surface area contributed by atoms with Crippen LogP contribution in [0, 0.1) is 0 Å². The largest absolute Gasteiger partial charge is 0.466 e. The maximum atomic E-state index is 11.2. The van der Waals surface area contributed by atoms with Crippen LogP contribution in [-0.2, 0) is 19.1 Å². The molecule has 5 heteroatoms. The molecule has 0 spiro atoms. The van der Waals surface area contributed by atoms with Crippen LogP contribution in [0.3, 0.4) is 0 Å². The lowest BCUT2D eigenvalue weighted by Gasteiger charge is -2.32. The summed E-state index contributed by atoms with van der Waals surface area (Å²) in [5.74, 6) is -1.11. The standard InChI is InChI=1S/C9H13NO4/c1-9(2)5-14-8(12)6(10-9)4-7(11)13-3/h4,10H,5H2,1-3H3/b6-4+. The summed E-state index contributed by atoms with van der Waals surface area (Å²) in [6.45, 7) is 4.01. The summed E-state index contributed by atoms with van der Waals surface area (Å²) in [6, 6.07) is 0. The highest BCUT2D eigenvalue weighted by molar-refractivity contribution is 5.96. The van der Waals surface area contributed by atoms with E-state index in [1.165, 1.54) is 7.11 Å². The fraction of sp³-hybridized carbons (Fsp3) is 0.556. The zero-order chi connectivity index (χ0) is 10.8. The molecule has 0 radical (unpaired) electrons. The Balaban J connectivity index is 2.80.